The molecular weight excluding hydrogens is 346 g/mol. The van der Waals surface area contributed by atoms with Crippen molar-refractivity contribution in [2.45, 2.75) is 31.7 Å². The summed E-state index contributed by atoms with van der Waals surface area (Å²) in [5.41, 5.74) is 0.843. The van der Waals surface area contributed by atoms with Gasteiger partial charge in [-0.2, -0.15) is 0 Å². The average Bonchev–Trinajstić information content (AvgIpc) is 3.21. The fourth-order valence-corrected chi connectivity index (χ4v) is 3.12. The maximum Gasteiger partial charge on any atom is 0.274 e. The van der Waals surface area contributed by atoms with Gasteiger partial charge in [-0.3, -0.25) is 9.59 Å². The molecule has 0 bridgehead atoms. The van der Waals surface area contributed by atoms with E-state index in [1.165, 1.54) is 7.11 Å². The van der Waals surface area contributed by atoms with Crippen LogP contribution in [0.5, 0.6) is 11.5 Å². The lowest BCUT2D eigenvalue weighted by Gasteiger charge is -2.13. The topological polar surface area (TPSA) is 89.5 Å². The van der Waals surface area contributed by atoms with Crippen molar-refractivity contribution in [3.8, 4) is 11.5 Å². The predicted molar refractivity (Wildman–Crippen MR) is 101 cm³/mol. The first-order chi connectivity index (χ1) is 13.1. The van der Waals surface area contributed by atoms with E-state index in [1.54, 1.807) is 43.5 Å². The summed E-state index contributed by atoms with van der Waals surface area (Å²) >= 11 is 0. The van der Waals surface area contributed by atoms with Crippen LogP contribution >= 0.6 is 0 Å². The zero-order valence-electron chi connectivity index (χ0n) is 15.5. The first-order valence-electron chi connectivity index (χ1n) is 8.92. The standard InChI is InChI=1S/C20H23N3O4/c1-26-14-10-11-18(27-2)17(12-14)23-20(25)16-9-5-8-15(22-16)19(24)21-13-6-3-4-7-13/h5,8-13H,3-4,6-7H2,1-2H3,(H,21,24)(H,23,25). The minimum atomic E-state index is -0.433. The number of amides is 2. The Bertz CT molecular complexity index is 832. The number of nitrogens with zero attached hydrogens (tertiary/aromatic N) is 1. The van der Waals surface area contributed by atoms with Gasteiger partial charge in [-0.05, 0) is 37.1 Å². The molecule has 1 aromatic carbocycles. The van der Waals surface area contributed by atoms with Crippen molar-refractivity contribution in [1.29, 1.82) is 0 Å². The fraction of sp³-hybridized carbons (Fsp3) is 0.350. The Morgan fingerprint density at radius 3 is 2.37 bits per heavy atom. The Kier molecular flexibility index (Phi) is 5.90. The Labute approximate surface area is 158 Å². The lowest BCUT2D eigenvalue weighted by atomic mass is 10.2. The van der Waals surface area contributed by atoms with E-state index in [0.717, 1.165) is 25.7 Å². The second-order valence-electron chi connectivity index (χ2n) is 6.38. The van der Waals surface area contributed by atoms with Crippen LogP contribution in [0.25, 0.3) is 0 Å². The molecule has 3 rings (SSSR count). The summed E-state index contributed by atoms with van der Waals surface area (Å²) in [7, 11) is 3.06. The zero-order valence-corrected chi connectivity index (χ0v) is 15.5. The third-order valence-corrected chi connectivity index (χ3v) is 4.56. The Morgan fingerprint density at radius 2 is 1.70 bits per heavy atom. The molecule has 0 unspecified atom stereocenters. The number of aromatic nitrogens is 1. The van der Waals surface area contributed by atoms with E-state index in [1.807, 2.05) is 0 Å². The van der Waals surface area contributed by atoms with Crippen LogP contribution in [0.3, 0.4) is 0 Å². The second-order valence-corrected chi connectivity index (χ2v) is 6.38. The zero-order chi connectivity index (χ0) is 19.2. The molecule has 1 saturated carbocycles. The van der Waals surface area contributed by atoms with Crippen molar-refractivity contribution in [1.82, 2.24) is 10.3 Å². The van der Waals surface area contributed by atoms with Gasteiger partial charge in [-0.15, -0.1) is 0 Å². The first kappa shape index (κ1) is 18.7. The van der Waals surface area contributed by atoms with Gasteiger partial charge in [0, 0.05) is 12.1 Å². The quantitative estimate of drug-likeness (QED) is 0.817. The van der Waals surface area contributed by atoms with Crippen LogP contribution in [0, 0.1) is 0 Å². The third kappa shape index (κ3) is 4.55. The summed E-state index contributed by atoms with van der Waals surface area (Å²) in [5.74, 6) is 0.399. The van der Waals surface area contributed by atoms with E-state index >= 15 is 0 Å². The molecule has 0 atom stereocenters. The second kappa shape index (κ2) is 8.53. The molecule has 0 aliphatic heterocycles. The highest BCUT2D eigenvalue weighted by atomic mass is 16.5. The van der Waals surface area contributed by atoms with Gasteiger partial charge >= 0.3 is 0 Å². The van der Waals surface area contributed by atoms with E-state index < -0.39 is 5.91 Å². The summed E-state index contributed by atoms with van der Waals surface area (Å²) in [6.45, 7) is 0. The van der Waals surface area contributed by atoms with Gasteiger partial charge in [-0.1, -0.05) is 18.9 Å². The van der Waals surface area contributed by atoms with Crippen molar-refractivity contribution in [3.05, 3.63) is 47.8 Å². The van der Waals surface area contributed by atoms with E-state index in [2.05, 4.69) is 15.6 Å². The van der Waals surface area contributed by atoms with E-state index in [4.69, 9.17) is 9.47 Å². The highest BCUT2D eigenvalue weighted by molar-refractivity contribution is 6.04. The van der Waals surface area contributed by atoms with Crippen LogP contribution in [0.2, 0.25) is 0 Å². The number of methoxy groups -OCH3 is 2. The Balaban J connectivity index is 1.74. The van der Waals surface area contributed by atoms with Crippen molar-refractivity contribution >= 4 is 17.5 Å². The summed E-state index contributed by atoms with van der Waals surface area (Å²) in [6, 6.07) is 10.1. The van der Waals surface area contributed by atoms with Crippen molar-refractivity contribution in [3.63, 3.8) is 0 Å². The predicted octanol–water partition coefficient (Wildman–Crippen LogP) is 3.02. The number of carbonyl (C=O) groups excluding carboxylic acids is 2. The molecule has 142 valence electrons. The number of benzene rings is 1. The largest absolute Gasteiger partial charge is 0.497 e. The first-order valence-corrected chi connectivity index (χ1v) is 8.92. The molecule has 2 N–H and O–H groups in total. The molecule has 0 spiro atoms. The number of pyridine rings is 1. The summed E-state index contributed by atoms with van der Waals surface area (Å²) in [4.78, 5) is 29.2. The van der Waals surface area contributed by atoms with Gasteiger partial charge in [0.25, 0.3) is 11.8 Å². The molecule has 1 aliphatic rings. The van der Waals surface area contributed by atoms with Crippen LogP contribution < -0.4 is 20.1 Å². The number of ether oxygens (including phenoxy) is 2. The SMILES string of the molecule is COc1ccc(OC)c(NC(=O)c2cccc(C(=O)NC3CCCC3)n2)c1. The van der Waals surface area contributed by atoms with Gasteiger partial charge in [0.05, 0.1) is 19.9 Å². The monoisotopic (exact) mass is 369 g/mol. The Hall–Kier alpha value is -3.09. The molecule has 0 radical (unpaired) electrons. The average molecular weight is 369 g/mol. The molecule has 27 heavy (non-hydrogen) atoms. The van der Waals surface area contributed by atoms with Crippen LogP contribution in [0.15, 0.2) is 36.4 Å². The molecule has 7 heteroatoms. The number of hydrogen-bond donors (Lipinski definition) is 2. The van der Waals surface area contributed by atoms with Crippen LogP contribution in [0.4, 0.5) is 5.69 Å². The lowest BCUT2D eigenvalue weighted by molar-refractivity contribution is 0.0932. The van der Waals surface area contributed by atoms with Crippen molar-refractivity contribution in [2.75, 3.05) is 19.5 Å². The van der Waals surface area contributed by atoms with Crippen molar-refractivity contribution in [2.24, 2.45) is 0 Å². The summed E-state index contributed by atoms with van der Waals surface area (Å²) in [6.07, 6.45) is 4.23. The van der Waals surface area contributed by atoms with E-state index in [0.29, 0.717) is 17.2 Å². The highest BCUT2D eigenvalue weighted by Gasteiger charge is 2.20. The molecule has 0 saturated heterocycles. The molecule has 2 amide bonds. The Morgan fingerprint density at radius 1 is 1.00 bits per heavy atom. The van der Waals surface area contributed by atoms with Crippen molar-refractivity contribution < 1.29 is 19.1 Å². The van der Waals surface area contributed by atoms with Gasteiger partial charge in [0.15, 0.2) is 0 Å². The number of rotatable bonds is 6. The molecule has 2 aromatic rings. The number of anilines is 1. The van der Waals surface area contributed by atoms with Crippen LogP contribution in [-0.4, -0.2) is 37.1 Å². The molecule has 1 heterocycles. The van der Waals surface area contributed by atoms with E-state index in [-0.39, 0.29) is 23.3 Å². The lowest BCUT2D eigenvalue weighted by Crippen LogP contribution is -2.33. The number of carbonyl (C=O) groups is 2. The number of hydrogen-bond acceptors (Lipinski definition) is 5. The minimum Gasteiger partial charge on any atom is -0.497 e. The molecule has 1 fully saturated rings. The summed E-state index contributed by atoms with van der Waals surface area (Å²) in [5, 5.41) is 5.73. The minimum absolute atomic E-state index is 0.152. The van der Waals surface area contributed by atoms with Crippen LogP contribution in [-0.2, 0) is 0 Å². The maximum absolute atomic E-state index is 12.6. The van der Waals surface area contributed by atoms with Gasteiger partial charge < -0.3 is 20.1 Å². The third-order valence-electron chi connectivity index (χ3n) is 4.56. The molecule has 1 aliphatic carbocycles. The maximum atomic E-state index is 12.6. The van der Waals surface area contributed by atoms with Gasteiger partial charge in [0.1, 0.15) is 22.9 Å². The van der Waals surface area contributed by atoms with Gasteiger partial charge in [0.2, 0.25) is 0 Å². The van der Waals surface area contributed by atoms with Crippen LogP contribution in [0.1, 0.15) is 46.7 Å². The molecule has 7 nitrogen and oxygen atoms in total. The molecular formula is C20H23N3O4. The summed E-state index contributed by atoms with van der Waals surface area (Å²) < 4.78 is 10.4. The smallest absolute Gasteiger partial charge is 0.274 e. The number of nitrogens with one attached hydrogen (secondary N) is 2. The van der Waals surface area contributed by atoms with E-state index in [9.17, 15) is 9.59 Å². The van der Waals surface area contributed by atoms with Gasteiger partial charge in [-0.25, -0.2) is 4.98 Å². The fourth-order valence-electron chi connectivity index (χ4n) is 3.12. The highest BCUT2D eigenvalue weighted by Crippen LogP contribution is 2.29. The normalized spacial score (nSPS) is 13.9. The molecule has 1 aromatic heterocycles.